The van der Waals surface area contributed by atoms with Crippen molar-refractivity contribution in [2.45, 2.75) is 26.7 Å². The summed E-state index contributed by atoms with van der Waals surface area (Å²) in [5.41, 5.74) is -0.0323. The van der Waals surface area contributed by atoms with Gasteiger partial charge in [0, 0.05) is 11.0 Å². The van der Waals surface area contributed by atoms with Crippen LogP contribution in [-0.2, 0) is 0 Å². The lowest BCUT2D eigenvalue weighted by Crippen LogP contribution is -2.14. The quantitative estimate of drug-likeness (QED) is 0.838. The maximum atomic E-state index is 13.4. The molecule has 0 unspecified atom stereocenters. The van der Waals surface area contributed by atoms with Crippen LogP contribution >= 0.6 is 15.9 Å². The summed E-state index contributed by atoms with van der Waals surface area (Å²) in [6, 6.07) is 2.52. The molecule has 0 aliphatic heterocycles. The van der Waals surface area contributed by atoms with Crippen LogP contribution < -0.4 is 5.32 Å². The summed E-state index contributed by atoms with van der Waals surface area (Å²) < 4.78 is 27.3. The zero-order valence-corrected chi connectivity index (χ0v) is 11.1. The van der Waals surface area contributed by atoms with Crippen molar-refractivity contribution < 1.29 is 8.78 Å². The normalized spacial score (nSPS) is 10.9. The molecule has 0 spiro atoms. The summed E-state index contributed by atoms with van der Waals surface area (Å²) in [5, 5.41) is 2.84. The number of benzene rings is 1. The maximum absolute atomic E-state index is 13.4. The standard InChI is InChI=1S/C12H16BrF2N/c1-3-8(4-2)7-16-12-10(14)5-9(13)6-11(12)15/h5-6,8,16H,3-4,7H2,1-2H3. The Kier molecular flexibility index (Phi) is 5.19. The van der Waals surface area contributed by atoms with E-state index in [0.717, 1.165) is 12.8 Å². The van der Waals surface area contributed by atoms with E-state index in [1.165, 1.54) is 12.1 Å². The van der Waals surface area contributed by atoms with E-state index in [2.05, 4.69) is 35.1 Å². The third-order valence-corrected chi connectivity index (χ3v) is 3.19. The summed E-state index contributed by atoms with van der Waals surface area (Å²) in [5.74, 6) is -0.668. The Hall–Kier alpha value is -0.640. The van der Waals surface area contributed by atoms with Crippen molar-refractivity contribution in [1.82, 2.24) is 0 Å². The Balaban J connectivity index is 2.74. The SMILES string of the molecule is CCC(CC)CNc1c(F)cc(Br)cc1F. The Morgan fingerprint density at radius 2 is 1.69 bits per heavy atom. The van der Waals surface area contributed by atoms with Crippen LogP contribution in [-0.4, -0.2) is 6.54 Å². The van der Waals surface area contributed by atoms with E-state index >= 15 is 0 Å². The molecule has 0 saturated carbocycles. The predicted molar refractivity (Wildman–Crippen MR) is 66.6 cm³/mol. The Morgan fingerprint density at radius 1 is 1.19 bits per heavy atom. The maximum Gasteiger partial charge on any atom is 0.150 e. The highest BCUT2D eigenvalue weighted by atomic mass is 79.9. The highest BCUT2D eigenvalue weighted by Gasteiger charge is 2.11. The smallest absolute Gasteiger partial charge is 0.150 e. The molecule has 16 heavy (non-hydrogen) atoms. The number of anilines is 1. The van der Waals surface area contributed by atoms with Crippen molar-refractivity contribution in [3.63, 3.8) is 0 Å². The number of halogens is 3. The first kappa shape index (κ1) is 13.4. The Bertz CT molecular complexity index is 328. The minimum atomic E-state index is -0.558. The van der Waals surface area contributed by atoms with Crippen molar-refractivity contribution in [2.24, 2.45) is 5.92 Å². The molecular weight excluding hydrogens is 276 g/mol. The number of rotatable bonds is 5. The number of hydrogen-bond donors (Lipinski definition) is 1. The van der Waals surface area contributed by atoms with E-state index in [1.54, 1.807) is 0 Å². The van der Waals surface area contributed by atoms with E-state index in [1.807, 2.05) is 0 Å². The van der Waals surface area contributed by atoms with Crippen LogP contribution in [0.15, 0.2) is 16.6 Å². The highest BCUT2D eigenvalue weighted by molar-refractivity contribution is 9.10. The van der Waals surface area contributed by atoms with Gasteiger partial charge in [-0.05, 0) is 18.1 Å². The lowest BCUT2D eigenvalue weighted by atomic mass is 10.0. The van der Waals surface area contributed by atoms with Crippen LogP contribution in [0.1, 0.15) is 26.7 Å². The molecule has 0 bridgehead atoms. The minimum Gasteiger partial charge on any atom is -0.380 e. The second kappa shape index (κ2) is 6.18. The molecule has 0 saturated heterocycles. The molecule has 1 N–H and O–H groups in total. The van der Waals surface area contributed by atoms with Gasteiger partial charge in [-0.25, -0.2) is 8.78 Å². The van der Waals surface area contributed by atoms with Gasteiger partial charge in [0.2, 0.25) is 0 Å². The van der Waals surface area contributed by atoms with Gasteiger partial charge in [0.05, 0.1) is 0 Å². The van der Waals surface area contributed by atoms with Gasteiger partial charge in [-0.15, -0.1) is 0 Å². The van der Waals surface area contributed by atoms with Gasteiger partial charge in [-0.1, -0.05) is 42.6 Å². The molecule has 0 aliphatic rings. The predicted octanol–water partition coefficient (Wildman–Crippen LogP) is 4.58. The summed E-state index contributed by atoms with van der Waals surface area (Å²) in [6.45, 7) is 4.75. The van der Waals surface area contributed by atoms with Crippen molar-refractivity contribution in [1.29, 1.82) is 0 Å². The molecule has 0 atom stereocenters. The van der Waals surface area contributed by atoms with Gasteiger partial charge in [-0.3, -0.25) is 0 Å². The van der Waals surface area contributed by atoms with E-state index in [4.69, 9.17) is 0 Å². The minimum absolute atomic E-state index is 0.0323. The summed E-state index contributed by atoms with van der Waals surface area (Å²) >= 11 is 3.05. The van der Waals surface area contributed by atoms with Crippen molar-refractivity contribution in [2.75, 3.05) is 11.9 Å². The molecule has 1 rings (SSSR count). The van der Waals surface area contributed by atoms with E-state index in [-0.39, 0.29) is 5.69 Å². The fourth-order valence-corrected chi connectivity index (χ4v) is 1.94. The largest absolute Gasteiger partial charge is 0.380 e. The lowest BCUT2D eigenvalue weighted by molar-refractivity contribution is 0.513. The lowest BCUT2D eigenvalue weighted by Gasteiger charge is -2.15. The van der Waals surface area contributed by atoms with Gasteiger partial charge in [0.1, 0.15) is 17.3 Å². The number of hydrogen-bond acceptors (Lipinski definition) is 1. The van der Waals surface area contributed by atoms with Crippen molar-refractivity contribution in [3.05, 3.63) is 28.2 Å². The molecule has 0 amide bonds. The molecule has 0 radical (unpaired) electrons. The topological polar surface area (TPSA) is 12.0 Å². The first-order valence-corrected chi connectivity index (χ1v) is 6.26. The molecule has 90 valence electrons. The average molecular weight is 292 g/mol. The Morgan fingerprint density at radius 3 is 2.12 bits per heavy atom. The fraction of sp³-hybridized carbons (Fsp3) is 0.500. The van der Waals surface area contributed by atoms with Gasteiger partial charge in [0.15, 0.2) is 0 Å². The van der Waals surface area contributed by atoms with E-state index in [0.29, 0.717) is 16.9 Å². The van der Waals surface area contributed by atoms with Crippen LogP contribution in [0.4, 0.5) is 14.5 Å². The zero-order valence-electron chi connectivity index (χ0n) is 9.49. The molecule has 0 heterocycles. The summed E-state index contributed by atoms with van der Waals surface area (Å²) in [6.07, 6.45) is 2.01. The monoisotopic (exact) mass is 291 g/mol. The van der Waals surface area contributed by atoms with Crippen LogP contribution in [0.3, 0.4) is 0 Å². The van der Waals surface area contributed by atoms with Crippen molar-refractivity contribution in [3.8, 4) is 0 Å². The first-order chi connectivity index (χ1) is 7.58. The van der Waals surface area contributed by atoms with Gasteiger partial charge in [-0.2, -0.15) is 0 Å². The van der Waals surface area contributed by atoms with Crippen molar-refractivity contribution >= 4 is 21.6 Å². The molecule has 1 aromatic rings. The Labute approximate surface area is 103 Å². The summed E-state index contributed by atoms with van der Waals surface area (Å²) in [7, 11) is 0. The molecule has 0 fully saturated rings. The van der Waals surface area contributed by atoms with Crippen LogP contribution in [0.2, 0.25) is 0 Å². The van der Waals surface area contributed by atoms with E-state index < -0.39 is 11.6 Å². The molecule has 0 aromatic heterocycles. The van der Waals surface area contributed by atoms with Gasteiger partial charge in [0.25, 0.3) is 0 Å². The van der Waals surface area contributed by atoms with Gasteiger partial charge >= 0.3 is 0 Å². The highest BCUT2D eigenvalue weighted by Crippen LogP contribution is 2.24. The van der Waals surface area contributed by atoms with Gasteiger partial charge < -0.3 is 5.32 Å². The summed E-state index contributed by atoms with van der Waals surface area (Å²) in [4.78, 5) is 0. The van der Waals surface area contributed by atoms with E-state index in [9.17, 15) is 8.78 Å². The second-order valence-corrected chi connectivity index (χ2v) is 4.72. The third kappa shape index (κ3) is 3.44. The number of nitrogens with one attached hydrogen (secondary N) is 1. The zero-order chi connectivity index (χ0) is 12.1. The van der Waals surface area contributed by atoms with Crippen LogP contribution in [0, 0.1) is 17.6 Å². The van der Waals surface area contributed by atoms with Crippen LogP contribution in [0.5, 0.6) is 0 Å². The molecule has 1 nitrogen and oxygen atoms in total. The molecule has 1 aromatic carbocycles. The average Bonchev–Trinajstić information content (AvgIpc) is 2.22. The third-order valence-electron chi connectivity index (χ3n) is 2.73. The molecule has 0 aliphatic carbocycles. The molecular formula is C12H16BrF2N. The fourth-order valence-electron chi connectivity index (χ4n) is 1.53. The van der Waals surface area contributed by atoms with Crippen LogP contribution in [0.25, 0.3) is 0 Å². The molecule has 4 heteroatoms. The second-order valence-electron chi connectivity index (χ2n) is 3.81. The first-order valence-electron chi connectivity index (χ1n) is 5.46.